The minimum atomic E-state index is -4.76. The molecule has 2 aromatic rings. The fourth-order valence-corrected chi connectivity index (χ4v) is 2.29. The van der Waals surface area contributed by atoms with Gasteiger partial charge in [0.05, 0.1) is 0 Å². The van der Waals surface area contributed by atoms with Crippen LogP contribution in [0.1, 0.15) is 5.56 Å². The highest BCUT2D eigenvalue weighted by Crippen LogP contribution is 2.30. The first-order valence-corrected chi connectivity index (χ1v) is 7.40. The number of rotatable bonds is 3. The van der Waals surface area contributed by atoms with E-state index in [9.17, 15) is 22.8 Å². The number of carbonyl (C=O) groups is 1. The second-order valence-electron chi connectivity index (χ2n) is 4.24. The summed E-state index contributed by atoms with van der Waals surface area (Å²) < 4.78 is 46.8. The molecular weight excluding hydrogens is 351 g/mol. The van der Waals surface area contributed by atoms with Gasteiger partial charge in [0.1, 0.15) is 19.7 Å². The lowest BCUT2D eigenvalue weighted by Gasteiger charge is -2.09. The van der Waals surface area contributed by atoms with E-state index in [1.807, 2.05) is 9.39 Å². The number of aromatic nitrogens is 1. The SMILES string of the molecule is O=C(Oc1cccc(-c2c[nH]c(=O)c(C(F)(F)F)c2)c1)P=NP. The van der Waals surface area contributed by atoms with E-state index in [1.54, 1.807) is 0 Å². The normalized spacial score (nSPS) is 11.7. The van der Waals surface area contributed by atoms with Crippen LogP contribution in [0.15, 0.2) is 45.8 Å². The zero-order chi connectivity index (χ0) is 17.0. The van der Waals surface area contributed by atoms with Gasteiger partial charge in [-0.25, -0.2) is 9.31 Å². The first-order chi connectivity index (χ1) is 10.8. The average Bonchev–Trinajstić information content (AvgIpc) is 2.47. The molecule has 0 saturated heterocycles. The van der Waals surface area contributed by atoms with E-state index in [0.717, 1.165) is 12.3 Å². The summed E-state index contributed by atoms with van der Waals surface area (Å²) in [7, 11) is 2.09. The highest BCUT2D eigenvalue weighted by atomic mass is 31.1. The molecule has 2 rings (SSSR count). The van der Waals surface area contributed by atoms with Crippen LogP contribution in [0.25, 0.3) is 11.1 Å². The molecule has 0 fully saturated rings. The summed E-state index contributed by atoms with van der Waals surface area (Å²) in [4.78, 5) is 24.7. The number of alkyl halides is 3. The zero-order valence-electron chi connectivity index (χ0n) is 11.3. The van der Waals surface area contributed by atoms with Gasteiger partial charge >= 0.3 is 11.9 Å². The van der Waals surface area contributed by atoms with E-state index < -0.39 is 23.0 Å². The number of nitrogens with zero attached hydrogens (tertiary/aromatic N) is 1. The van der Waals surface area contributed by atoms with Crippen molar-refractivity contribution in [3.63, 3.8) is 0 Å². The molecule has 0 aliphatic rings. The number of benzene rings is 1. The third-order valence-electron chi connectivity index (χ3n) is 2.72. The monoisotopic (exact) mass is 360 g/mol. The van der Waals surface area contributed by atoms with Crippen LogP contribution >= 0.6 is 17.8 Å². The molecule has 120 valence electrons. The summed E-state index contributed by atoms with van der Waals surface area (Å²) in [6.45, 7) is 0. The topological polar surface area (TPSA) is 71.5 Å². The fraction of sp³-hybridized carbons (Fsp3) is 0.0769. The third-order valence-corrected chi connectivity index (χ3v) is 3.44. The molecule has 0 bridgehead atoms. The van der Waals surface area contributed by atoms with Crippen LogP contribution in [-0.2, 0) is 6.18 Å². The van der Waals surface area contributed by atoms with Gasteiger partial charge in [0, 0.05) is 6.20 Å². The van der Waals surface area contributed by atoms with E-state index in [2.05, 4.69) is 9.50 Å². The zero-order valence-corrected chi connectivity index (χ0v) is 13.3. The molecule has 1 unspecified atom stereocenters. The van der Waals surface area contributed by atoms with E-state index in [0.29, 0.717) is 5.56 Å². The second-order valence-corrected chi connectivity index (χ2v) is 5.73. The van der Waals surface area contributed by atoms with Gasteiger partial charge < -0.3 is 9.72 Å². The maximum absolute atomic E-state index is 12.8. The van der Waals surface area contributed by atoms with Crippen LogP contribution in [-0.4, -0.2) is 10.7 Å². The molecule has 1 N–H and O–H groups in total. The van der Waals surface area contributed by atoms with Crippen molar-refractivity contribution < 1.29 is 22.7 Å². The summed E-state index contributed by atoms with van der Waals surface area (Å²) >= 11 is 0. The Labute approximate surface area is 132 Å². The first kappa shape index (κ1) is 17.3. The van der Waals surface area contributed by atoms with Gasteiger partial charge in [-0.15, -0.1) is 0 Å². The number of H-pyrrole nitrogens is 1. The highest BCUT2D eigenvalue weighted by molar-refractivity contribution is 7.51. The number of pyridine rings is 1. The second kappa shape index (κ2) is 7.02. The van der Waals surface area contributed by atoms with Crippen molar-refractivity contribution in [1.29, 1.82) is 0 Å². The minimum absolute atomic E-state index is 0.0814. The van der Waals surface area contributed by atoms with Crippen LogP contribution in [0.5, 0.6) is 5.75 Å². The lowest BCUT2D eigenvalue weighted by atomic mass is 10.1. The maximum atomic E-state index is 12.8. The van der Waals surface area contributed by atoms with Crippen molar-refractivity contribution in [1.82, 2.24) is 4.98 Å². The molecular formula is C13H9F3N2O3P2. The van der Waals surface area contributed by atoms with E-state index in [4.69, 9.17) is 4.74 Å². The number of hydrogen-bond donors (Lipinski definition) is 1. The molecule has 23 heavy (non-hydrogen) atoms. The fourth-order valence-electron chi connectivity index (χ4n) is 1.77. The smallest absolute Gasteiger partial charge is 0.419 e. The first-order valence-electron chi connectivity index (χ1n) is 6.04. The standard InChI is InChI=1S/C13H9F3N2O3P2/c14-13(15,16)10-5-8(6-17-11(10)19)7-2-1-3-9(4-7)21-12(20)23-18-22/h1-6H,22H2,(H,17,19). The third kappa shape index (κ3) is 4.47. The van der Waals surface area contributed by atoms with Gasteiger partial charge in [0.15, 0.2) is 0 Å². The van der Waals surface area contributed by atoms with Crippen LogP contribution in [0, 0.1) is 0 Å². The van der Waals surface area contributed by atoms with Crippen molar-refractivity contribution in [3.05, 3.63) is 52.4 Å². The van der Waals surface area contributed by atoms with Crippen molar-refractivity contribution in [2.75, 3.05) is 0 Å². The molecule has 1 aromatic carbocycles. The van der Waals surface area contributed by atoms with Gasteiger partial charge in [0.25, 0.3) is 5.56 Å². The number of ether oxygens (including phenoxy) is 1. The lowest BCUT2D eigenvalue weighted by Crippen LogP contribution is -2.20. The van der Waals surface area contributed by atoms with Gasteiger partial charge in [-0.05, 0) is 38.7 Å². The van der Waals surface area contributed by atoms with Crippen LogP contribution in [0.2, 0.25) is 0 Å². The number of carbonyl (C=O) groups excluding carboxylic acids is 1. The Hall–Kier alpha value is -2.04. The Balaban J connectivity index is 2.40. The predicted octanol–water partition coefficient (Wildman–Crippen LogP) is 4.48. The Morgan fingerprint density at radius 1 is 1.26 bits per heavy atom. The van der Waals surface area contributed by atoms with Crippen LogP contribution in [0.3, 0.4) is 0 Å². The predicted molar refractivity (Wildman–Crippen MR) is 82.6 cm³/mol. The van der Waals surface area contributed by atoms with Crippen molar-refractivity contribution in [2.45, 2.75) is 6.18 Å². The summed E-state index contributed by atoms with van der Waals surface area (Å²) in [6, 6.07) is 6.67. The van der Waals surface area contributed by atoms with E-state index in [1.165, 1.54) is 24.3 Å². The quantitative estimate of drug-likeness (QED) is 0.821. The average molecular weight is 360 g/mol. The van der Waals surface area contributed by atoms with Crippen LogP contribution in [0.4, 0.5) is 18.0 Å². The van der Waals surface area contributed by atoms with Gasteiger partial charge in [-0.2, -0.15) is 13.2 Å². The summed E-state index contributed by atoms with van der Waals surface area (Å²) in [5.74, 6) is 0.161. The maximum Gasteiger partial charge on any atom is 0.421 e. The van der Waals surface area contributed by atoms with E-state index >= 15 is 0 Å². The summed E-state index contributed by atoms with van der Waals surface area (Å²) in [5, 5.41) is 0. The van der Waals surface area contributed by atoms with Gasteiger partial charge in [-0.1, -0.05) is 12.1 Å². The van der Waals surface area contributed by atoms with Gasteiger partial charge in [0.2, 0.25) is 0 Å². The van der Waals surface area contributed by atoms with Gasteiger partial charge in [-0.3, -0.25) is 4.79 Å². The molecule has 1 aromatic heterocycles. The number of halogens is 3. The molecule has 0 amide bonds. The Bertz CT molecular complexity index is 819. The van der Waals surface area contributed by atoms with Crippen LogP contribution < -0.4 is 10.3 Å². The van der Waals surface area contributed by atoms with Crippen molar-refractivity contribution >= 4 is 23.5 Å². The molecule has 0 aliphatic heterocycles. The molecule has 5 nitrogen and oxygen atoms in total. The molecule has 0 spiro atoms. The Kier molecular flexibility index (Phi) is 5.29. The molecule has 0 aliphatic carbocycles. The summed E-state index contributed by atoms with van der Waals surface area (Å²) in [6.07, 6.45) is -3.60. The lowest BCUT2D eigenvalue weighted by molar-refractivity contribution is -0.138. The van der Waals surface area contributed by atoms with E-state index in [-0.39, 0.29) is 19.7 Å². The Morgan fingerprint density at radius 3 is 2.65 bits per heavy atom. The molecule has 0 saturated carbocycles. The van der Waals surface area contributed by atoms with Crippen molar-refractivity contribution in [3.8, 4) is 16.9 Å². The highest BCUT2D eigenvalue weighted by Gasteiger charge is 2.34. The number of nitrogens with one attached hydrogen (secondary N) is 1. The molecule has 0 radical (unpaired) electrons. The number of hydrogen-bond acceptors (Lipinski definition) is 4. The summed E-state index contributed by atoms with van der Waals surface area (Å²) in [5.41, 5.74) is -2.64. The molecule has 10 heteroatoms. The Morgan fingerprint density at radius 2 is 2.00 bits per heavy atom. The molecule has 1 atom stereocenters. The largest absolute Gasteiger partial charge is 0.421 e. The number of aromatic amines is 1. The van der Waals surface area contributed by atoms with Crippen molar-refractivity contribution in [2.24, 2.45) is 4.52 Å². The molecule has 1 heterocycles. The minimum Gasteiger partial charge on any atom is -0.419 e.